The average molecular weight is 307 g/mol. The van der Waals surface area contributed by atoms with E-state index >= 15 is 0 Å². The van der Waals surface area contributed by atoms with Crippen molar-refractivity contribution in [3.8, 4) is 0 Å². The molecule has 0 aromatic rings. The highest BCUT2D eigenvalue weighted by Gasteiger charge is 2.63. The summed E-state index contributed by atoms with van der Waals surface area (Å²) < 4.78 is 74.3. The molecule has 0 aromatic heterocycles. The molecule has 1 saturated heterocycles. The van der Waals surface area contributed by atoms with Gasteiger partial charge in [-0.1, -0.05) is 0 Å². The first-order valence-corrected chi connectivity index (χ1v) is 5.44. The summed E-state index contributed by atoms with van der Waals surface area (Å²) in [5, 5.41) is 8.85. The molecule has 0 saturated carbocycles. The SMILES string of the molecule is CC1(C(=O)O)CCN(C(=O)C(C(F)(F)F)C(F)(F)F)C1. The number of amides is 1. The number of alkyl halides is 6. The van der Waals surface area contributed by atoms with Crippen LogP contribution >= 0.6 is 0 Å². The number of carboxylic acids is 1. The Morgan fingerprint density at radius 2 is 1.60 bits per heavy atom. The van der Waals surface area contributed by atoms with Gasteiger partial charge in [0.1, 0.15) is 0 Å². The third kappa shape index (κ3) is 3.15. The highest BCUT2D eigenvalue weighted by molar-refractivity contribution is 5.83. The number of hydrogen-bond acceptors (Lipinski definition) is 2. The lowest BCUT2D eigenvalue weighted by atomic mass is 9.90. The molecule has 1 unspecified atom stereocenters. The normalized spacial score (nSPS) is 24.3. The van der Waals surface area contributed by atoms with Crippen molar-refractivity contribution in [1.82, 2.24) is 4.90 Å². The molecule has 20 heavy (non-hydrogen) atoms. The third-order valence-corrected chi connectivity index (χ3v) is 3.20. The summed E-state index contributed by atoms with van der Waals surface area (Å²) in [6.07, 6.45) is -11.7. The Morgan fingerprint density at radius 3 is 1.90 bits per heavy atom. The summed E-state index contributed by atoms with van der Waals surface area (Å²) in [6.45, 7) is 0.0346. The molecule has 1 amide bonds. The van der Waals surface area contributed by atoms with Crippen molar-refractivity contribution in [2.24, 2.45) is 11.3 Å². The number of nitrogens with zero attached hydrogens (tertiary/aromatic N) is 1. The summed E-state index contributed by atoms with van der Waals surface area (Å²) in [5.74, 6) is -7.65. The second-order valence-corrected chi connectivity index (χ2v) is 4.89. The molecule has 1 heterocycles. The Balaban J connectivity index is 2.97. The molecule has 0 bridgehead atoms. The lowest BCUT2D eigenvalue weighted by molar-refractivity contribution is -0.277. The number of likely N-dealkylation sites (tertiary alicyclic amines) is 1. The number of rotatable bonds is 2. The van der Waals surface area contributed by atoms with Crippen LogP contribution < -0.4 is 0 Å². The Kier molecular flexibility index (Phi) is 3.99. The fourth-order valence-corrected chi connectivity index (χ4v) is 1.97. The molecular formula is C10H11F6NO3. The maximum absolute atomic E-state index is 12.4. The second-order valence-electron chi connectivity index (χ2n) is 4.89. The van der Waals surface area contributed by atoms with Crippen molar-refractivity contribution in [2.75, 3.05) is 13.1 Å². The first-order chi connectivity index (χ1) is 8.79. The van der Waals surface area contributed by atoms with Crippen LogP contribution in [0.1, 0.15) is 13.3 Å². The molecule has 0 radical (unpaired) electrons. The van der Waals surface area contributed by atoms with Gasteiger partial charge in [-0.25, -0.2) is 0 Å². The van der Waals surface area contributed by atoms with Crippen LogP contribution in [0.2, 0.25) is 0 Å². The zero-order valence-corrected chi connectivity index (χ0v) is 10.2. The van der Waals surface area contributed by atoms with Crippen molar-refractivity contribution in [3.05, 3.63) is 0 Å². The number of carboxylic acid groups (broad SMARTS) is 1. The van der Waals surface area contributed by atoms with Gasteiger partial charge in [-0.2, -0.15) is 26.3 Å². The van der Waals surface area contributed by atoms with Crippen LogP contribution in [0.15, 0.2) is 0 Å². The zero-order valence-electron chi connectivity index (χ0n) is 10.2. The molecule has 1 N–H and O–H groups in total. The molecule has 116 valence electrons. The van der Waals surface area contributed by atoms with E-state index in [1.807, 2.05) is 0 Å². The van der Waals surface area contributed by atoms with Crippen molar-refractivity contribution < 1.29 is 41.0 Å². The Labute approximate surface area is 109 Å². The van der Waals surface area contributed by atoms with Gasteiger partial charge < -0.3 is 10.0 Å². The van der Waals surface area contributed by atoms with Gasteiger partial charge in [0.15, 0.2) is 0 Å². The Bertz CT molecular complexity index is 404. The number of halogens is 6. The van der Waals surface area contributed by atoms with Crippen molar-refractivity contribution in [2.45, 2.75) is 25.7 Å². The fourth-order valence-electron chi connectivity index (χ4n) is 1.97. The number of hydrogen-bond donors (Lipinski definition) is 1. The van der Waals surface area contributed by atoms with Gasteiger partial charge in [0.2, 0.25) is 11.8 Å². The van der Waals surface area contributed by atoms with E-state index in [-0.39, 0.29) is 6.42 Å². The fraction of sp³-hybridized carbons (Fsp3) is 0.800. The largest absolute Gasteiger partial charge is 0.481 e. The van der Waals surface area contributed by atoms with Crippen LogP contribution in [-0.4, -0.2) is 47.3 Å². The lowest BCUT2D eigenvalue weighted by Gasteiger charge is -2.27. The van der Waals surface area contributed by atoms with Gasteiger partial charge in [0.25, 0.3) is 0 Å². The summed E-state index contributed by atoms with van der Waals surface area (Å²) >= 11 is 0. The third-order valence-electron chi connectivity index (χ3n) is 3.20. The van der Waals surface area contributed by atoms with Crippen LogP contribution in [0.25, 0.3) is 0 Å². The van der Waals surface area contributed by atoms with Crippen molar-refractivity contribution in [1.29, 1.82) is 0 Å². The predicted molar refractivity (Wildman–Crippen MR) is 52.5 cm³/mol. The van der Waals surface area contributed by atoms with E-state index in [1.165, 1.54) is 6.92 Å². The van der Waals surface area contributed by atoms with E-state index in [4.69, 9.17) is 5.11 Å². The number of carbonyl (C=O) groups is 2. The monoisotopic (exact) mass is 307 g/mol. The molecule has 1 fully saturated rings. The molecule has 1 atom stereocenters. The molecular weight excluding hydrogens is 296 g/mol. The summed E-state index contributed by atoms with van der Waals surface area (Å²) in [5.41, 5.74) is -1.53. The summed E-state index contributed by atoms with van der Waals surface area (Å²) in [6, 6.07) is 0. The molecule has 10 heteroatoms. The molecule has 1 rings (SSSR count). The maximum atomic E-state index is 12.4. The van der Waals surface area contributed by atoms with Crippen molar-refractivity contribution in [3.63, 3.8) is 0 Å². The molecule has 4 nitrogen and oxygen atoms in total. The van der Waals surface area contributed by atoms with E-state index in [0.29, 0.717) is 4.90 Å². The summed E-state index contributed by atoms with van der Waals surface area (Å²) in [4.78, 5) is 22.6. The van der Waals surface area contributed by atoms with Gasteiger partial charge in [-0.15, -0.1) is 0 Å². The first-order valence-electron chi connectivity index (χ1n) is 5.44. The van der Waals surface area contributed by atoms with Gasteiger partial charge in [-0.3, -0.25) is 9.59 Å². The highest BCUT2D eigenvalue weighted by atomic mass is 19.4. The van der Waals surface area contributed by atoms with Crippen LogP contribution in [-0.2, 0) is 9.59 Å². The summed E-state index contributed by atoms with van der Waals surface area (Å²) in [7, 11) is 0. The maximum Gasteiger partial charge on any atom is 0.409 e. The van der Waals surface area contributed by atoms with Gasteiger partial charge >= 0.3 is 18.3 Å². The minimum Gasteiger partial charge on any atom is -0.481 e. The smallest absolute Gasteiger partial charge is 0.409 e. The van der Waals surface area contributed by atoms with E-state index in [1.54, 1.807) is 0 Å². The lowest BCUT2D eigenvalue weighted by Crippen LogP contribution is -2.49. The standard InChI is InChI=1S/C10H11F6NO3/c1-8(7(19)20)2-3-17(4-8)6(18)5(9(11,12)13)10(14,15)16/h5H,2-4H2,1H3,(H,19,20). The van der Waals surface area contributed by atoms with E-state index < -0.39 is 48.7 Å². The predicted octanol–water partition coefficient (Wildman–Crippen LogP) is 2.05. The highest BCUT2D eigenvalue weighted by Crippen LogP contribution is 2.42. The van der Waals surface area contributed by atoms with E-state index in [0.717, 1.165) is 0 Å². The number of aliphatic carboxylic acids is 1. The Hall–Kier alpha value is -1.48. The minimum absolute atomic E-state index is 0.198. The van der Waals surface area contributed by atoms with Crippen molar-refractivity contribution >= 4 is 11.9 Å². The zero-order chi connectivity index (χ0) is 15.9. The van der Waals surface area contributed by atoms with Gasteiger partial charge in [-0.05, 0) is 13.3 Å². The number of carbonyl (C=O) groups excluding carboxylic acids is 1. The van der Waals surface area contributed by atoms with Gasteiger partial charge in [0.05, 0.1) is 5.41 Å². The second kappa shape index (κ2) is 4.81. The molecule has 0 aliphatic carbocycles. The quantitative estimate of drug-likeness (QED) is 0.794. The minimum atomic E-state index is -5.77. The van der Waals surface area contributed by atoms with Crippen LogP contribution in [0, 0.1) is 11.3 Å². The molecule has 0 aromatic carbocycles. The first kappa shape index (κ1) is 16.6. The molecule has 1 aliphatic rings. The van der Waals surface area contributed by atoms with Gasteiger partial charge in [0, 0.05) is 13.1 Å². The molecule has 1 aliphatic heterocycles. The van der Waals surface area contributed by atoms with E-state index in [2.05, 4.69) is 0 Å². The Morgan fingerprint density at radius 1 is 1.15 bits per heavy atom. The van der Waals surface area contributed by atoms with Crippen LogP contribution in [0.4, 0.5) is 26.3 Å². The average Bonchev–Trinajstić information content (AvgIpc) is 2.57. The van der Waals surface area contributed by atoms with Crippen LogP contribution in [0.5, 0.6) is 0 Å². The topological polar surface area (TPSA) is 57.6 Å². The molecule has 0 spiro atoms. The van der Waals surface area contributed by atoms with Crippen LogP contribution in [0.3, 0.4) is 0 Å². The van der Waals surface area contributed by atoms with E-state index in [9.17, 15) is 35.9 Å².